The molecule has 0 radical (unpaired) electrons. The number of benzene rings is 2. The van der Waals surface area contributed by atoms with Crippen LogP contribution in [0, 0.1) is 0 Å². The third-order valence-electron chi connectivity index (χ3n) is 3.45. The molecule has 0 spiro atoms. The number of hydrogen-bond acceptors (Lipinski definition) is 4. The highest BCUT2D eigenvalue weighted by molar-refractivity contribution is 5.79. The maximum Gasteiger partial charge on any atom is 0.208 e. The van der Waals surface area contributed by atoms with Crippen molar-refractivity contribution in [2.24, 2.45) is 0 Å². The van der Waals surface area contributed by atoms with E-state index in [1.165, 1.54) is 0 Å². The Balaban J connectivity index is 1.97. The van der Waals surface area contributed by atoms with E-state index in [1.54, 1.807) is 14.0 Å². The predicted molar refractivity (Wildman–Crippen MR) is 87.7 cm³/mol. The maximum atomic E-state index is 9.75. The standard InChI is InChI=1S/C17H19N3O2/c1-12(21)11-20-16-6-4-3-5-15(16)19-17(20)18-13-7-9-14(22-2)10-8-13/h3-10,12,21H,11H2,1-2H3,(H,18,19)/t12-/m0/s1. The molecule has 1 aromatic heterocycles. The summed E-state index contributed by atoms with van der Waals surface area (Å²) in [7, 11) is 1.64. The number of nitrogens with zero attached hydrogens (tertiary/aromatic N) is 2. The van der Waals surface area contributed by atoms with Gasteiger partial charge in [-0.1, -0.05) is 12.1 Å². The second-order valence-corrected chi connectivity index (χ2v) is 5.24. The van der Waals surface area contributed by atoms with Crippen molar-refractivity contribution in [3.63, 3.8) is 0 Å². The van der Waals surface area contributed by atoms with Crippen molar-refractivity contribution in [1.82, 2.24) is 9.55 Å². The molecule has 1 heterocycles. The Bertz CT molecular complexity index is 763. The van der Waals surface area contributed by atoms with Crippen LogP contribution in [-0.4, -0.2) is 27.9 Å². The molecule has 1 atom stereocenters. The zero-order valence-corrected chi connectivity index (χ0v) is 12.7. The number of fused-ring (bicyclic) bond motifs is 1. The van der Waals surface area contributed by atoms with Crippen LogP contribution in [0.2, 0.25) is 0 Å². The number of aliphatic hydroxyl groups excluding tert-OH is 1. The van der Waals surface area contributed by atoms with E-state index in [-0.39, 0.29) is 0 Å². The first-order chi connectivity index (χ1) is 10.7. The first-order valence-electron chi connectivity index (χ1n) is 7.22. The number of imidazole rings is 1. The summed E-state index contributed by atoms with van der Waals surface area (Å²) in [4.78, 5) is 4.61. The Morgan fingerprint density at radius 2 is 1.91 bits per heavy atom. The number of para-hydroxylation sites is 2. The summed E-state index contributed by atoms with van der Waals surface area (Å²) < 4.78 is 7.15. The number of nitrogens with one attached hydrogen (secondary N) is 1. The molecule has 2 aromatic carbocycles. The van der Waals surface area contributed by atoms with Crippen molar-refractivity contribution in [1.29, 1.82) is 0 Å². The van der Waals surface area contributed by atoms with Gasteiger partial charge in [0.2, 0.25) is 5.95 Å². The lowest BCUT2D eigenvalue weighted by Gasteiger charge is -2.12. The van der Waals surface area contributed by atoms with E-state index in [0.29, 0.717) is 12.5 Å². The van der Waals surface area contributed by atoms with Crippen molar-refractivity contribution in [3.05, 3.63) is 48.5 Å². The van der Waals surface area contributed by atoms with E-state index in [4.69, 9.17) is 4.74 Å². The minimum Gasteiger partial charge on any atom is -0.497 e. The Labute approximate surface area is 129 Å². The van der Waals surface area contributed by atoms with Gasteiger partial charge in [0, 0.05) is 5.69 Å². The van der Waals surface area contributed by atoms with Gasteiger partial charge in [-0.15, -0.1) is 0 Å². The normalized spacial score (nSPS) is 12.3. The van der Waals surface area contributed by atoms with Gasteiger partial charge in [-0.05, 0) is 43.3 Å². The van der Waals surface area contributed by atoms with Gasteiger partial charge in [0.25, 0.3) is 0 Å². The fourth-order valence-electron chi connectivity index (χ4n) is 2.42. The lowest BCUT2D eigenvalue weighted by Crippen LogP contribution is -2.13. The van der Waals surface area contributed by atoms with Crippen LogP contribution in [0.1, 0.15) is 6.92 Å². The van der Waals surface area contributed by atoms with E-state index >= 15 is 0 Å². The van der Waals surface area contributed by atoms with Crippen molar-refractivity contribution in [3.8, 4) is 5.75 Å². The molecule has 0 bridgehead atoms. The monoisotopic (exact) mass is 297 g/mol. The molecule has 3 aromatic rings. The van der Waals surface area contributed by atoms with Crippen LogP contribution in [-0.2, 0) is 6.54 Å². The number of methoxy groups -OCH3 is 1. The molecule has 0 saturated carbocycles. The summed E-state index contributed by atoms with van der Waals surface area (Å²) >= 11 is 0. The van der Waals surface area contributed by atoms with Gasteiger partial charge >= 0.3 is 0 Å². The molecular weight excluding hydrogens is 278 g/mol. The third kappa shape index (κ3) is 2.89. The van der Waals surface area contributed by atoms with E-state index in [1.807, 2.05) is 53.1 Å². The average Bonchev–Trinajstić information content (AvgIpc) is 2.85. The number of aromatic nitrogens is 2. The van der Waals surface area contributed by atoms with Gasteiger partial charge in [0.15, 0.2) is 0 Å². The first kappa shape index (κ1) is 14.4. The fourth-order valence-corrected chi connectivity index (χ4v) is 2.42. The molecule has 0 amide bonds. The molecule has 0 unspecified atom stereocenters. The molecular formula is C17H19N3O2. The minimum absolute atomic E-state index is 0.450. The lowest BCUT2D eigenvalue weighted by atomic mass is 10.3. The summed E-state index contributed by atoms with van der Waals surface area (Å²) in [5.41, 5.74) is 2.82. The van der Waals surface area contributed by atoms with Gasteiger partial charge < -0.3 is 19.7 Å². The second-order valence-electron chi connectivity index (χ2n) is 5.24. The summed E-state index contributed by atoms with van der Waals surface area (Å²) in [5, 5.41) is 13.1. The molecule has 0 fully saturated rings. The highest BCUT2D eigenvalue weighted by atomic mass is 16.5. The van der Waals surface area contributed by atoms with Crippen LogP contribution in [0.3, 0.4) is 0 Å². The van der Waals surface area contributed by atoms with E-state index in [0.717, 1.165) is 22.5 Å². The molecule has 3 rings (SSSR count). The Hall–Kier alpha value is -2.53. The Morgan fingerprint density at radius 1 is 1.18 bits per heavy atom. The van der Waals surface area contributed by atoms with Crippen LogP contribution in [0.5, 0.6) is 5.75 Å². The summed E-state index contributed by atoms with van der Waals surface area (Å²) in [5.74, 6) is 1.52. The van der Waals surface area contributed by atoms with Crippen molar-refractivity contribution < 1.29 is 9.84 Å². The van der Waals surface area contributed by atoms with Gasteiger partial charge in [-0.2, -0.15) is 0 Å². The highest BCUT2D eigenvalue weighted by Gasteiger charge is 2.12. The predicted octanol–water partition coefficient (Wildman–Crippen LogP) is 3.17. The molecule has 5 nitrogen and oxygen atoms in total. The van der Waals surface area contributed by atoms with Crippen LogP contribution in [0.15, 0.2) is 48.5 Å². The van der Waals surface area contributed by atoms with Crippen molar-refractivity contribution >= 4 is 22.7 Å². The van der Waals surface area contributed by atoms with Crippen LogP contribution >= 0.6 is 0 Å². The molecule has 0 aliphatic heterocycles. The van der Waals surface area contributed by atoms with Gasteiger partial charge in [-0.25, -0.2) is 4.98 Å². The summed E-state index contributed by atoms with van der Waals surface area (Å²) in [6, 6.07) is 15.6. The van der Waals surface area contributed by atoms with Crippen molar-refractivity contribution in [2.75, 3.05) is 12.4 Å². The minimum atomic E-state index is -0.450. The molecule has 0 saturated heterocycles. The van der Waals surface area contributed by atoms with E-state index in [9.17, 15) is 5.11 Å². The number of anilines is 2. The summed E-state index contributed by atoms with van der Waals surface area (Å²) in [6.07, 6.45) is -0.450. The SMILES string of the molecule is COc1ccc(Nc2nc3ccccc3n2C[C@H](C)O)cc1. The molecule has 2 N–H and O–H groups in total. The number of hydrogen-bond donors (Lipinski definition) is 2. The number of ether oxygens (including phenoxy) is 1. The van der Waals surface area contributed by atoms with Gasteiger partial charge in [0.1, 0.15) is 5.75 Å². The third-order valence-corrected chi connectivity index (χ3v) is 3.45. The average molecular weight is 297 g/mol. The Morgan fingerprint density at radius 3 is 2.59 bits per heavy atom. The van der Waals surface area contributed by atoms with E-state index < -0.39 is 6.10 Å². The smallest absolute Gasteiger partial charge is 0.208 e. The summed E-state index contributed by atoms with van der Waals surface area (Å²) in [6.45, 7) is 2.25. The number of aliphatic hydroxyl groups is 1. The van der Waals surface area contributed by atoms with Crippen LogP contribution in [0.4, 0.5) is 11.6 Å². The Kier molecular flexibility index (Phi) is 3.98. The van der Waals surface area contributed by atoms with Crippen LogP contribution < -0.4 is 10.1 Å². The second kappa shape index (κ2) is 6.07. The maximum absolute atomic E-state index is 9.75. The largest absolute Gasteiger partial charge is 0.497 e. The number of rotatable bonds is 5. The van der Waals surface area contributed by atoms with Crippen LogP contribution in [0.25, 0.3) is 11.0 Å². The van der Waals surface area contributed by atoms with Gasteiger partial charge in [0.05, 0.1) is 30.8 Å². The molecule has 0 aliphatic carbocycles. The fraction of sp³-hybridized carbons (Fsp3) is 0.235. The zero-order chi connectivity index (χ0) is 15.5. The molecule has 114 valence electrons. The quantitative estimate of drug-likeness (QED) is 0.759. The topological polar surface area (TPSA) is 59.3 Å². The zero-order valence-electron chi connectivity index (χ0n) is 12.7. The van der Waals surface area contributed by atoms with E-state index in [2.05, 4.69) is 10.3 Å². The molecule has 0 aliphatic rings. The first-order valence-corrected chi connectivity index (χ1v) is 7.22. The molecule has 5 heteroatoms. The van der Waals surface area contributed by atoms with Crippen molar-refractivity contribution in [2.45, 2.75) is 19.6 Å². The molecule has 22 heavy (non-hydrogen) atoms. The lowest BCUT2D eigenvalue weighted by molar-refractivity contribution is 0.175. The van der Waals surface area contributed by atoms with Gasteiger partial charge in [-0.3, -0.25) is 0 Å². The highest BCUT2D eigenvalue weighted by Crippen LogP contribution is 2.24.